The van der Waals surface area contributed by atoms with Crippen molar-refractivity contribution < 1.29 is 13.2 Å². The highest BCUT2D eigenvalue weighted by atomic mass is 32.2. The summed E-state index contributed by atoms with van der Waals surface area (Å²) in [5.41, 5.74) is 3.72. The van der Waals surface area contributed by atoms with Crippen molar-refractivity contribution in [3.8, 4) is 5.69 Å². The highest BCUT2D eigenvalue weighted by Crippen LogP contribution is 2.25. The van der Waals surface area contributed by atoms with E-state index in [-0.39, 0.29) is 10.5 Å². The molecule has 0 aliphatic heterocycles. The van der Waals surface area contributed by atoms with Crippen LogP contribution in [0.5, 0.6) is 0 Å². The fourth-order valence-electron chi connectivity index (χ4n) is 2.78. The van der Waals surface area contributed by atoms with Crippen molar-refractivity contribution in [1.29, 1.82) is 0 Å². The van der Waals surface area contributed by atoms with E-state index in [0.29, 0.717) is 16.9 Å². The Morgan fingerprint density at radius 1 is 1.07 bits per heavy atom. The molecule has 3 aromatic rings. The zero-order chi connectivity index (χ0) is 21.3. The summed E-state index contributed by atoms with van der Waals surface area (Å²) >= 11 is 0. The summed E-state index contributed by atoms with van der Waals surface area (Å²) in [6.07, 6.45) is 1.46. The van der Waals surface area contributed by atoms with Gasteiger partial charge in [0.1, 0.15) is 6.33 Å². The van der Waals surface area contributed by atoms with Gasteiger partial charge >= 0.3 is 0 Å². The molecular formula is C19H22N6O3S. The first-order chi connectivity index (χ1) is 13.6. The number of hydrogen-bond acceptors (Lipinski definition) is 6. The molecule has 0 aliphatic rings. The Balaban J connectivity index is 1.98. The first-order valence-electron chi connectivity index (χ1n) is 8.80. The topological polar surface area (TPSA) is 110 Å². The number of amides is 1. The fourth-order valence-corrected chi connectivity index (χ4v) is 4.00. The largest absolute Gasteiger partial charge is 0.322 e. The number of carbonyl (C=O) groups excluding carboxylic acids is 1. The molecule has 1 heterocycles. The van der Waals surface area contributed by atoms with Gasteiger partial charge in [0.2, 0.25) is 10.0 Å². The second-order valence-corrected chi connectivity index (χ2v) is 9.03. The maximum atomic E-state index is 12.9. The lowest BCUT2D eigenvalue weighted by Crippen LogP contribution is -2.24. The van der Waals surface area contributed by atoms with Crippen molar-refractivity contribution in [3.05, 3.63) is 58.9 Å². The lowest BCUT2D eigenvalue weighted by molar-refractivity contribution is 0.102. The first-order valence-corrected chi connectivity index (χ1v) is 10.2. The molecule has 0 aliphatic carbocycles. The Bertz CT molecular complexity index is 1170. The Morgan fingerprint density at radius 2 is 1.79 bits per heavy atom. The van der Waals surface area contributed by atoms with Crippen molar-refractivity contribution in [2.24, 2.45) is 0 Å². The van der Waals surface area contributed by atoms with E-state index < -0.39 is 15.9 Å². The van der Waals surface area contributed by atoms with Gasteiger partial charge in [-0.2, -0.15) is 0 Å². The summed E-state index contributed by atoms with van der Waals surface area (Å²) in [6.45, 7) is 5.37. The number of benzene rings is 2. The smallest absolute Gasteiger partial charge is 0.255 e. The third-order valence-corrected chi connectivity index (χ3v) is 6.66. The van der Waals surface area contributed by atoms with Crippen molar-refractivity contribution >= 4 is 21.6 Å². The van der Waals surface area contributed by atoms with E-state index >= 15 is 0 Å². The predicted octanol–water partition coefficient (Wildman–Crippen LogP) is 2.09. The number of rotatable bonds is 5. The average Bonchev–Trinajstić information content (AvgIpc) is 3.20. The van der Waals surface area contributed by atoms with E-state index in [0.717, 1.165) is 15.4 Å². The molecule has 1 aromatic heterocycles. The van der Waals surface area contributed by atoms with Crippen LogP contribution in [0.25, 0.3) is 5.69 Å². The zero-order valence-corrected chi connectivity index (χ0v) is 17.6. The van der Waals surface area contributed by atoms with Crippen LogP contribution < -0.4 is 5.32 Å². The third-order valence-electron chi connectivity index (χ3n) is 4.72. The molecule has 0 atom stereocenters. The van der Waals surface area contributed by atoms with Gasteiger partial charge in [0.05, 0.1) is 10.6 Å². The molecule has 0 saturated carbocycles. The van der Waals surface area contributed by atoms with Crippen LogP contribution in [0.1, 0.15) is 27.0 Å². The number of anilines is 1. The Kier molecular flexibility index (Phi) is 5.49. The molecule has 29 heavy (non-hydrogen) atoms. The average molecular weight is 414 g/mol. The van der Waals surface area contributed by atoms with E-state index in [2.05, 4.69) is 20.8 Å². The quantitative estimate of drug-likeness (QED) is 0.684. The molecule has 0 fully saturated rings. The van der Waals surface area contributed by atoms with Gasteiger partial charge in [-0.05, 0) is 72.2 Å². The number of nitrogens with one attached hydrogen (secondary N) is 1. The molecule has 152 valence electrons. The van der Waals surface area contributed by atoms with Crippen LogP contribution in [0.3, 0.4) is 0 Å². The standard InChI is InChI=1S/C19H22N6O3S/c1-12-6-7-16(25-11-20-22-23-25)10-17(12)21-19(26)15-8-13(2)14(3)18(9-15)29(27,28)24(4)5/h6-11H,1-5H3,(H,21,26). The molecule has 1 amide bonds. The van der Waals surface area contributed by atoms with Gasteiger partial charge in [0, 0.05) is 25.3 Å². The van der Waals surface area contributed by atoms with Gasteiger partial charge in [0.15, 0.2) is 0 Å². The molecule has 10 heteroatoms. The van der Waals surface area contributed by atoms with E-state index in [4.69, 9.17) is 0 Å². The molecule has 9 nitrogen and oxygen atoms in total. The van der Waals surface area contributed by atoms with Gasteiger partial charge in [-0.25, -0.2) is 17.4 Å². The number of sulfonamides is 1. The van der Waals surface area contributed by atoms with Crippen LogP contribution in [-0.4, -0.2) is 52.9 Å². The predicted molar refractivity (Wildman–Crippen MR) is 109 cm³/mol. The Labute approximate surface area is 169 Å². The summed E-state index contributed by atoms with van der Waals surface area (Å²) < 4.78 is 27.9. The second-order valence-electron chi connectivity index (χ2n) is 6.91. The molecule has 1 N–H and O–H groups in total. The maximum absolute atomic E-state index is 12.9. The Morgan fingerprint density at radius 3 is 2.41 bits per heavy atom. The molecule has 0 radical (unpaired) electrons. The van der Waals surface area contributed by atoms with E-state index in [9.17, 15) is 13.2 Å². The summed E-state index contributed by atoms with van der Waals surface area (Å²) in [4.78, 5) is 13.0. The molecule has 0 spiro atoms. The van der Waals surface area contributed by atoms with Crippen molar-refractivity contribution in [2.45, 2.75) is 25.7 Å². The zero-order valence-electron chi connectivity index (χ0n) is 16.8. The summed E-state index contributed by atoms with van der Waals surface area (Å²) in [5.74, 6) is -0.403. The lowest BCUT2D eigenvalue weighted by Gasteiger charge is -2.17. The van der Waals surface area contributed by atoms with Crippen molar-refractivity contribution in [3.63, 3.8) is 0 Å². The monoisotopic (exact) mass is 414 g/mol. The normalized spacial score (nSPS) is 11.7. The van der Waals surface area contributed by atoms with Crippen molar-refractivity contribution in [2.75, 3.05) is 19.4 Å². The lowest BCUT2D eigenvalue weighted by atomic mass is 10.1. The minimum atomic E-state index is -3.68. The van der Waals surface area contributed by atoms with E-state index in [1.54, 1.807) is 26.0 Å². The van der Waals surface area contributed by atoms with Gasteiger partial charge in [-0.1, -0.05) is 6.07 Å². The van der Waals surface area contributed by atoms with Gasteiger partial charge in [-0.15, -0.1) is 5.10 Å². The number of hydrogen-bond donors (Lipinski definition) is 1. The van der Waals surface area contributed by atoms with Crippen LogP contribution in [0.4, 0.5) is 5.69 Å². The fraction of sp³-hybridized carbons (Fsp3) is 0.263. The van der Waals surface area contributed by atoms with Crippen LogP contribution in [0, 0.1) is 20.8 Å². The third kappa shape index (κ3) is 4.03. The summed E-state index contributed by atoms with van der Waals surface area (Å²) in [5, 5.41) is 13.9. The van der Waals surface area contributed by atoms with Gasteiger partial charge in [-0.3, -0.25) is 4.79 Å². The van der Waals surface area contributed by atoms with Gasteiger partial charge < -0.3 is 5.32 Å². The summed E-state index contributed by atoms with van der Waals surface area (Å²) in [7, 11) is -0.750. The van der Waals surface area contributed by atoms with Gasteiger partial charge in [0.25, 0.3) is 5.91 Å². The number of nitrogens with zero attached hydrogens (tertiary/aromatic N) is 5. The second kappa shape index (κ2) is 7.72. The highest BCUT2D eigenvalue weighted by molar-refractivity contribution is 7.89. The molecule has 0 saturated heterocycles. The Hall–Kier alpha value is -3.11. The van der Waals surface area contributed by atoms with Crippen LogP contribution >= 0.6 is 0 Å². The minimum absolute atomic E-state index is 0.117. The molecule has 3 rings (SSSR count). The highest BCUT2D eigenvalue weighted by Gasteiger charge is 2.23. The molecule has 2 aromatic carbocycles. The first kappa shape index (κ1) is 20.6. The minimum Gasteiger partial charge on any atom is -0.322 e. The number of aryl methyl sites for hydroxylation is 2. The van der Waals surface area contributed by atoms with Crippen LogP contribution in [0.15, 0.2) is 41.6 Å². The van der Waals surface area contributed by atoms with Crippen LogP contribution in [0.2, 0.25) is 0 Å². The maximum Gasteiger partial charge on any atom is 0.255 e. The number of aromatic nitrogens is 4. The molecule has 0 bridgehead atoms. The van der Waals surface area contributed by atoms with Crippen LogP contribution in [-0.2, 0) is 10.0 Å². The van der Waals surface area contributed by atoms with E-state index in [1.807, 2.05) is 19.1 Å². The summed E-state index contributed by atoms with van der Waals surface area (Å²) in [6, 6.07) is 8.52. The number of carbonyl (C=O) groups is 1. The van der Waals surface area contributed by atoms with Crippen molar-refractivity contribution in [1.82, 2.24) is 24.5 Å². The molecular weight excluding hydrogens is 392 g/mol. The van der Waals surface area contributed by atoms with E-state index in [1.165, 1.54) is 31.2 Å². The number of tetrazole rings is 1. The SMILES string of the molecule is Cc1ccc(-n2cnnn2)cc1NC(=O)c1cc(C)c(C)c(S(=O)(=O)N(C)C)c1. The molecule has 0 unspecified atom stereocenters.